The van der Waals surface area contributed by atoms with E-state index in [1.807, 2.05) is 48.5 Å². The van der Waals surface area contributed by atoms with Gasteiger partial charge in [-0.2, -0.15) is 13.2 Å². The number of aliphatic hydroxyl groups is 1. The Bertz CT molecular complexity index is 1130. The highest BCUT2D eigenvalue weighted by Crippen LogP contribution is 2.46. The van der Waals surface area contributed by atoms with Gasteiger partial charge in [0.05, 0.1) is 5.56 Å². The van der Waals surface area contributed by atoms with Crippen LogP contribution in [0.25, 0.3) is 11.1 Å². The third-order valence-corrected chi connectivity index (χ3v) is 5.62. The fourth-order valence-corrected chi connectivity index (χ4v) is 4.11. The van der Waals surface area contributed by atoms with Gasteiger partial charge < -0.3 is 16.2 Å². The number of halogens is 3. The van der Waals surface area contributed by atoms with Crippen LogP contribution in [0.5, 0.6) is 0 Å². The van der Waals surface area contributed by atoms with E-state index in [1.54, 1.807) is 0 Å². The van der Waals surface area contributed by atoms with Crippen molar-refractivity contribution in [2.24, 2.45) is 5.73 Å². The molecule has 0 aliphatic heterocycles. The lowest BCUT2D eigenvalue weighted by molar-refractivity contribution is -0.137. The topological polar surface area (TPSA) is 92.4 Å². The van der Waals surface area contributed by atoms with E-state index in [1.165, 1.54) is 0 Å². The number of hydrogen-bond donors (Lipinski definition) is 3. The van der Waals surface area contributed by atoms with Crippen molar-refractivity contribution in [2.45, 2.75) is 24.2 Å². The summed E-state index contributed by atoms with van der Waals surface area (Å²) in [7, 11) is 0. The maximum absolute atomic E-state index is 12.8. The number of carbonyl (C=O) groups is 2. The number of primary amides is 1. The predicted octanol–water partition coefficient (Wildman–Crippen LogP) is 3.52. The van der Waals surface area contributed by atoms with E-state index >= 15 is 0 Å². The Labute approximate surface area is 181 Å². The lowest BCUT2D eigenvalue weighted by Gasteiger charge is -2.25. The third kappa shape index (κ3) is 3.85. The van der Waals surface area contributed by atoms with E-state index in [9.17, 15) is 27.9 Å². The minimum absolute atomic E-state index is 0.0362. The number of rotatable bonds is 5. The van der Waals surface area contributed by atoms with Crippen molar-refractivity contribution in [2.75, 3.05) is 0 Å². The fourth-order valence-electron chi connectivity index (χ4n) is 4.11. The molecular formula is C24H19F3N2O3. The summed E-state index contributed by atoms with van der Waals surface area (Å²) >= 11 is 0. The molecule has 1 aliphatic rings. The molecule has 4 N–H and O–H groups in total. The first kappa shape index (κ1) is 21.6. The lowest BCUT2D eigenvalue weighted by Crippen LogP contribution is -2.49. The molecule has 3 aromatic rings. The number of hydrogen-bond acceptors (Lipinski definition) is 3. The van der Waals surface area contributed by atoms with Gasteiger partial charge >= 0.3 is 6.18 Å². The maximum atomic E-state index is 12.8. The Kier molecular flexibility index (Phi) is 5.48. The van der Waals surface area contributed by atoms with Gasteiger partial charge in [0, 0.05) is 5.92 Å². The number of amides is 2. The molecule has 0 saturated heterocycles. The van der Waals surface area contributed by atoms with E-state index < -0.39 is 41.6 Å². The zero-order chi connectivity index (χ0) is 23.0. The second kappa shape index (κ2) is 8.12. The molecule has 164 valence electrons. The largest absolute Gasteiger partial charge is 0.416 e. The Morgan fingerprint density at radius 1 is 0.875 bits per heavy atom. The Hall–Kier alpha value is -3.65. The van der Waals surface area contributed by atoms with Crippen molar-refractivity contribution in [3.63, 3.8) is 0 Å². The molecule has 32 heavy (non-hydrogen) atoms. The zero-order valence-electron chi connectivity index (χ0n) is 16.6. The molecule has 0 bridgehead atoms. The van der Waals surface area contributed by atoms with Gasteiger partial charge in [-0.25, -0.2) is 0 Å². The summed E-state index contributed by atoms with van der Waals surface area (Å²) in [6.07, 6.45) is -6.31. The highest BCUT2D eigenvalue weighted by Gasteiger charge is 2.39. The van der Waals surface area contributed by atoms with Gasteiger partial charge in [0.2, 0.25) is 5.91 Å². The molecule has 8 heteroatoms. The van der Waals surface area contributed by atoms with Gasteiger partial charge in [0.25, 0.3) is 5.91 Å². The van der Waals surface area contributed by atoms with E-state index in [-0.39, 0.29) is 5.56 Å². The smallest absolute Gasteiger partial charge is 0.378 e. The molecule has 0 heterocycles. The van der Waals surface area contributed by atoms with Gasteiger partial charge in [0.1, 0.15) is 6.04 Å². The zero-order valence-corrected chi connectivity index (χ0v) is 16.6. The standard InChI is InChI=1S/C24H19F3N2O3/c25-24(26,27)14-11-9-13(10-12-14)21(30)23(32)29-20(22(28)31)19-17-7-3-1-5-15(17)16-6-2-4-8-18(16)19/h1-12,19-21,30H,(H2,28,31)(H,29,32)/t20-,21+/m1/s1. The molecule has 0 radical (unpaired) electrons. The van der Waals surface area contributed by atoms with Crippen LogP contribution in [0, 0.1) is 0 Å². The highest BCUT2D eigenvalue weighted by atomic mass is 19.4. The first-order chi connectivity index (χ1) is 15.2. The van der Waals surface area contributed by atoms with Crippen LogP contribution in [0.1, 0.15) is 34.3 Å². The van der Waals surface area contributed by atoms with E-state index in [0.717, 1.165) is 46.5 Å². The summed E-state index contributed by atoms with van der Waals surface area (Å²) in [5.74, 6) is -2.30. The van der Waals surface area contributed by atoms with Crippen molar-refractivity contribution in [3.8, 4) is 11.1 Å². The van der Waals surface area contributed by atoms with Gasteiger partial charge in [-0.1, -0.05) is 60.7 Å². The summed E-state index contributed by atoms with van der Waals surface area (Å²) in [5, 5.41) is 12.9. The summed E-state index contributed by atoms with van der Waals surface area (Å²) in [4.78, 5) is 25.1. The second-order valence-electron chi connectivity index (χ2n) is 7.56. The van der Waals surface area contributed by atoms with Crippen LogP contribution in [0.2, 0.25) is 0 Å². The average Bonchev–Trinajstić information content (AvgIpc) is 3.10. The summed E-state index contributed by atoms with van der Waals surface area (Å²) in [6.45, 7) is 0. The summed E-state index contributed by atoms with van der Waals surface area (Å²) < 4.78 is 38.3. The average molecular weight is 440 g/mol. The normalized spacial score (nSPS) is 14.9. The van der Waals surface area contributed by atoms with Crippen LogP contribution in [-0.4, -0.2) is 23.0 Å². The summed E-state index contributed by atoms with van der Waals surface area (Å²) in [5.41, 5.74) is 8.13. The Balaban J connectivity index is 1.62. The minimum atomic E-state index is -4.54. The number of carbonyl (C=O) groups excluding carboxylic acids is 2. The van der Waals surface area contributed by atoms with Gasteiger partial charge in [0.15, 0.2) is 6.10 Å². The third-order valence-electron chi connectivity index (χ3n) is 5.62. The molecule has 2 amide bonds. The van der Waals surface area contributed by atoms with E-state index in [2.05, 4.69) is 5.32 Å². The molecule has 2 atom stereocenters. The predicted molar refractivity (Wildman–Crippen MR) is 111 cm³/mol. The number of alkyl halides is 3. The molecule has 0 spiro atoms. The van der Waals surface area contributed by atoms with Crippen LogP contribution in [0.3, 0.4) is 0 Å². The maximum Gasteiger partial charge on any atom is 0.416 e. The number of nitrogens with one attached hydrogen (secondary N) is 1. The molecule has 5 nitrogen and oxygen atoms in total. The van der Waals surface area contributed by atoms with Gasteiger partial charge in [-0.3, -0.25) is 9.59 Å². The van der Waals surface area contributed by atoms with Crippen molar-refractivity contribution < 1.29 is 27.9 Å². The monoisotopic (exact) mass is 440 g/mol. The van der Waals surface area contributed by atoms with E-state index in [0.29, 0.717) is 0 Å². The minimum Gasteiger partial charge on any atom is -0.378 e. The number of benzene rings is 3. The molecule has 0 fully saturated rings. The number of aliphatic hydroxyl groups excluding tert-OH is 1. The quantitative estimate of drug-likeness (QED) is 0.567. The van der Waals surface area contributed by atoms with Crippen molar-refractivity contribution in [1.82, 2.24) is 5.32 Å². The molecule has 4 rings (SSSR count). The molecule has 0 saturated carbocycles. The fraction of sp³-hybridized carbons (Fsp3) is 0.167. The molecule has 3 aromatic carbocycles. The van der Waals surface area contributed by atoms with Crippen molar-refractivity contribution in [3.05, 3.63) is 95.1 Å². The molecule has 0 unspecified atom stereocenters. The Morgan fingerprint density at radius 2 is 1.38 bits per heavy atom. The van der Waals surface area contributed by atoms with Gasteiger partial charge in [-0.15, -0.1) is 0 Å². The highest BCUT2D eigenvalue weighted by molar-refractivity contribution is 5.92. The van der Waals surface area contributed by atoms with Crippen LogP contribution in [-0.2, 0) is 15.8 Å². The van der Waals surface area contributed by atoms with Crippen LogP contribution in [0.15, 0.2) is 72.8 Å². The number of nitrogens with two attached hydrogens (primary N) is 1. The van der Waals surface area contributed by atoms with Gasteiger partial charge in [-0.05, 0) is 39.9 Å². The molecule has 0 aromatic heterocycles. The summed E-state index contributed by atoms with van der Waals surface area (Å²) in [6, 6.07) is 17.3. The first-order valence-corrected chi connectivity index (χ1v) is 9.81. The SMILES string of the molecule is NC(=O)[C@H](NC(=O)[C@@H](O)c1ccc(C(F)(F)F)cc1)C1c2ccccc2-c2ccccc21. The lowest BCUT2D eigenvalue weighted by atomic mass is 9.88. The second-order valence-corrected chi connectivity index (χ2v) is 7.56. The molecule has 1 aliphatic carbocycles. The first-order valence-electron chi connectivity index (χ1n) is 9.81. The molecular weight excluding hydrogens is 421 g/mol. The van der Waals surface area contributed by atoms with Crippen LogP contribution in [0.4, 0.5) is 13.2 Å². The Morgan fingerprint density at radius 3 is 1.84 bits per heavy atom. The van der Waals surface area contributed by atoms with Crippen LogP contribution < -0.4 is 11.1 Å². The van der Waals surface area contributed by atoms with Crippen LogP contribution >= 0.6 is 0 Å². The van der Waals surface area contributed by atoms with Crippen molar-refractivity contribution in [1.29, 1.82) is 0 Å². The van der Waals surface area contributed by atoms with E-state index in [4.69, 9.17) is 5.73 Å². The number of fused-ring (bicyclic) bond motifs is 3. The van der Waals surface area contributed by atoms with Crippen molar-refractivity contribution >= 4 is 11.8 Å².